The van der Waals surface area contributed by atoms with Gasteiger partial charge < -0.3 is 9.84 Å². The number of carbonyl (C=O) groups excluding carboxylic acids is 1. The minimum absolute atomic E-state index is 0.0151. The van der Waals surface area contributed by atoms with E-state index in [1.54, 1.807) is 18.7 Å². The highest BCUT2D eigenvalue weighted by Gasteiger charge is 2.63. The van der Waals surface area contributed by atoms with Crippen molar-refractivity contribution >= 4 is 17.7 Å². The van der Waals surface area contributed by atoms with Gasteiger partial charge in [0.1, 0.15) is 0 Å². The summed E-state index contributed by atoms with van der Waals surface area (Å²) < 4.78 is 4.89. The Balaban J connectivity index is 1.90. The van der Waals surface area contributed by atoms with E-state index in [9.17, 15) is 9.90 Å². The lowest BCUT2D eigenvalue weighted by atomic mass is 10.2. The molecular formula is C8H12O3S. The van der Waals surface area contributed by atoms with Gasteiger partial charge in [-0.15, -0.1) is 0 Å². The van der Waals surface area contributed by atoms with Crippen LogP contribution >= 0.6 is 11.8 Å². The first-order chi connectivity index (χ1) is 5.75. The van der Waals surface area contributed by atoms with Gasteiger partial charge in [0, 0.05) is 16.9 Å². The fourth-order valence-electron chi connectivity index (χ4n) is 1.83. The van der Waals surface area contributed by atoms with E-state index in [1.165, 1.54) is 0 Å². The van der Waals surface area contributed by atoms with E-state index in [4.69, 9.17) is 4.74 Å². The van der Waals surface area contributed by atoms with E-state index in [0.717, 1.165) is 5.75 Å². The summed E-state index contributed by atoms with van der Waals surface area (Å²) in [5.41, 5.74) is 0. The SMILES string of the molecule is CCOC(=O)C1C2SCC(O)C21. The minimum atomic E-state index is -0.283. The van der Waals surface area contributed by atoms with Crippen molar-refractivity contribution in [3.8, 4) is 0 Å². The Kier molecular flexibility index (Phi) is 2.04. The third-order valence-corrected chi connectivity index (χ3v) is 4.00. The summed E-state index contributed by atoms with van der Waals surface area (Å²) in [5.74, 6) is 0.831. The second-order valence-corrected chi connectivity index (χ2v) is 4.43. The quantitative estimate of drug-likeness (QED) is 0.632. The number of thioether (sulfide) groups is 1. The largest absolute Gasteiger partial charge is 0.466 e. The molecule has 68 valence electrons. The van der Waals surface area contributed by atoms with Crippen molar-refractivity contribution in [2.24, 2.45) is 11.8 Å². The molecule has 3 nitrogen and oxygen atoms in total. The van der Waals surface area contributed by atoms with Crippen LogP contribution in [0.1, 0.15) is 6.92 Å². The summed E-state index contributed by atoms with van der Waals surface area (Å²) in [6.07, 6.45) is -0.283. The Morgan fingerprint density at radius 3 is 3.00 bits per heavy atom. The summed E-state index contributed by atoms with van der Waals surface area (Å²) >= 11 is 1.69. The van der Waals surface area contributed by atoms with Crippen LogP contribution in [0, 0.1) is 11.8 Å². The van der Waals surface area contributed by atoms with Crippen LogP contribution < -0.4 is 0 Å². The number of hydrogen-bond acceptors (Lipinski definition) is 4. The molecule has 0 spiro atoms. The lowest BCUT2D eigenvalue weighted by molar-refractivity contribution is -0.145. The zero-order valence-corrected chi connectivity index (χ0v) is 7.71. The molecule has 4 atom stereocenters. The highest BCUT2D eigenvalue weighted by molar-refractivity contribution is 8.00. The van der Waals surface area contributed by atoms with Crippen LogP contribution in [0.5, 0.6) is 0 Å². The van der Waals surface area contributed by atoms with E-state index >= 15 is 0 Å². The lowest BCUT2D eigenvalue weighted by Crippen LogP contribution is -2.17. The van der Waals surface area contributed by atoms with Gasteiger partial charge in [-0.3, -0.25) is 4.79 Å². The predicted molar refractivity (Wildman–Crippen MR) is 45.9 cm³/mol. The van der Waals surface area contributed by atoms with E-state index < -0.39 is 0 Å². The Morgan fingerprint density at radius 1 is 1.75 bits per heavy atom. The zero-order valence-electron chi connectivity index (χ0n) is 6.90. The van der Waals surface area contributed by atoms with Crippen molar-refractivity contribution in [1.29, 1.82) is 0 Å². The number of carbonyl (C=O) groups is 1. The van der Waals surface area contributed by atoms with Gasteiger partial charge in [0.25, 0.3) is 0 Å². The predicted octanol–water partition coefficient (Wildman–Crippen LogP) is 0.272. The molecule has 1 aliphatic carbocycles. The molecule has 1 saturated heterocycles. The van der Waals surface area contributed by atoms with Crippen LogP contribution in [0.2, 0.25) is 0 Å². The van der Waals surface area contributed by atoms with Gasteiger partial charge >= 0.3 is 5.97 Å². The number of fused-ring (bicyclic) bond motifs is 1. The minimum Gasteiger partial charge on any atom is -0.466 e. The molecule has 1 N–H and O–H groups in total. The third-order valence-electron chi connectivity index (χ3n) is 2.47. The number of esters is 1. The van der Waals surface area contributed by atoms with Crippen LogP contribution in [0.25, 0.3) is 0 Å². The highest BCUT2D eigenvalue weighted by Crippen LogP contribution is 2.56. The fourth-order valence-corrected chi connectivity index (χ4v) is 3.45. The maximum atomic E-state index is 11.2. The van der Waals surface area contributed by atoms with Crippen molar-refractivity contribution in [2.75, 3.05) is 12.4 Å². The van der Waals surface area contributed by atoms with E-state index in [0.29, 0.717) is 11.9 Å². The van der Waals surface area contributed by atoms with Crippen molar-refractivity contribution in [2.45, 2.75) is 18.3 Å². The zero-order chi connectivity index (χ0) is 8.72. The molecule has 1 saturated carbocycles. The molecule has 2 fully saturated rings. The van der Waals surface area contributed by atoms with Gasteiger partial charge in [-0.1, -0.05) is 0 Å². The fraction of sp³-hybridized carbons (Fsp3) is 0.875. The molecule has 12 heavy (non-hydrogen) atoms. The third kappa shape index (κ3) is 1.13. The molecule has 0 amide bonds. The molecule has 2 rings (SSSR count). The summed E-state index contributed by atoms with van der Waals surface area (Å²) in [5, 5.41) is 9.74. The normalized spacial score (nSPS) is 43.8. The molecule has 0 aromatic rings. The van der Waals surface area contributed by atoms with Crippen LogP contribution in [0.15, 0.2) is 0 Å². The lowest BCUT2D eigenvalue weighted by Gasteiger charge is -2.06. The maximum Gasteiger partial charge on any atom is 0.310 e. The topological polar surface area (TPSA) is 46.5 Å². The summed E-state index contributed by atoms with van der Waals surface area (Å²) in [4.78, 5) is 11.2. The number of aliphatic hydroxyl groups excluding tert-OH is 1. The van der Waals surface area contributed by atoms with Crippen LogP contribution in [-0.4, -0.2) is 34.8 Å². The first-order valence-electron chi connectivity index (χ1n) is 4.22. The molecule has 2 aliphatic rings. The van der Waals surface area contributed by atoms with Crippen molar-refractivity contribution in [3.63, 3.8) is 0 Å². The average molecular weight is 188 g/mol. The Morgan fingerprint density at radius 2 is 2.50 bits per heavy atom. The van der Waals surface area contributed by atoms with Gasteiger partial charge in [-0.25, -0.2) is 0 Å². The van der Waals surface area contributed by atoms with E-state index in [1.807, 2.05) is 0 Å². The van der Waals surface area contributed by atoms with Gasteiger partial charge in [-0.2, -0.15) is 11.8 Å². The molecule has 1 heterocycles. The Bertz CT molecular complexity index is 206. The molecule has 0 radical (unpaired) electrons. The molecule has 0 aromatic carbocycles. The maximum absolute atomic E-state index is 11.2. The first kappa shape index (κ1) is 8.38. The van der Waals surface area contributed by atoms with Gasteiger partial charge in [0.2, 0.25) is 0 Å². The van der Waals surface area contributed by atoms with Gasteiger partial charge in [0.15, 0.2) is 0 Å². The monoisotopic (exact) mass is 188 g/mol. The smallest absolute Gasteiger partial charge is 0.310 e. The second kappa shape index (κ2) is 2.92. The number of rotatable bonds is 2. The standard InChI is InChI=1S/C8H12O3S/c1-2-11-8(10)6-5-4(9)3-12-7(5)6/h4-7,9H,2-3H2,1H3. The van der Waals surface area contributed by atoms with Crippen LogP contribution in [-0.2, 0) is 9.53 Å². The van der Waals surface area contributed by atoms with Gasteiger partial charge in [0.05, 0.1) is 18.6 Å². The van der Waals surface area contributed by atoms with Crippen molar-refractivity contribution in [3.05, 3.63) is 0 Å². The number of ether oxygens (including phenoxy) is 1. The van der Waals surface area contributed by atoms with E-state index in [2.05, 4.69) is 0 Å². The van der Waals surface area contributed by atoms with Crippen LogP contribution in [0.4, 0.5) is 0 Å². The van der Waals surface area contributed by atoms with E-state index in [-0.39, 0.29) is 23.9 Å². The van der Waals surface area contributed by atoms with Gasteiger partial charge in [-0.05, 0) is 6.92 Å². The van der Waals surface area contributed by atoms with Crippen molar-refractivity contribution in [1.82, 2.24) is 0 Å². The average Bonchev–Trinajstić information content (AvgIpc) is 2.65. The Labute approximate surface area is 75.5 Å². The molecule has 0 bridgehead atoms. The summed E-state index contributed by atoms with van der Waals surface area (Å²) in [7, 11) is 0. The number of aliphatic hydroxyl groups is 1. The molecular weight excluding hydrogens is 176 g/mol. The first-order valence-corrected chi connectivity index (χ1v) is 5.27. The second-order valence-electron chi connectivity index (χ2n) is 3.22. The van der Waals surface area contributed by atoms with Crippen molar-refractivity contribution < 1.29 is 14.6 Å². The van der Waals surface area contributed by atoms with Crippen LogP contribution in [0.3, 0.4) is 0 Å². The summed E-state index contributed by atoms with van der Waals surface area (Å²) in [6.45, 7) is 2.25. The summed E-state index contributed by atoms with van der Waals surface area (Å²) in [6, 6.07) is 0. The Hall–Kier alpha value is -0.220. The molecule has 4 unspecified atom stereocenters. The number of hydrogen-bond donors (Lipinski definition) is 1. The molecule has 1 aliphatic heterocycles. The highest BCUT2D eigenvalue weighted by atomic mass is 32.2. The molecule has 0 aromatic heterocycles. The molecule has 4 heteroatoms.